The third-order valence-electron chi connectivity index (χ3n) is 4.73. The molecule has 0 amide bonds. The highest BCUT2D eigenvalue weighted by Crippen LogP contribution is 2.22. The first-order valence-electron chi connectivity index (χ1n) is 9.73. The van der Waals surface area contributed by atoms with Crippen LogP contribution >= 0.6 is 0 Å². The summed E-state index contributed by atoms with van der Waals surface area (Å²) in [5, 5.41) is 46.8. The monoisotopic (exact) mass is 387 g/mol. The number of aromatic nitrogens is 3. The first-order valence-corrected chi connectivity index (χ1v) is 9.73. The van der Waals surface area contributed by atoms with Crippen LogP contribution in [0.5, 0.6) is 0 Å². The number of nitrogens with zero attached hydrogens (tertiary/aromatic N) is 3. The topological polar surface area (TPSA) is 130 Å². The van der Waals surface area contributed by atoms with Crippen LogP contribution in [0.15, 0.2) is 6.20 Å². The molecule has 9 nitrogen and oxygen atoms in total. The van der Waals surface area contributed by atoms with E-state index >= 15 is 0 Å². The highest BCUT2D eigenvalue weighted by atomic mass is 16.7. The number of unbranched alkanes of at least 4 members (excludes halogenated alkanes) is 2. The predicted molar refractivity (Wildman–Crippen MR) is 96.8 cm³/mol. The molecular weight excluding hydrogens is 354 g/mol. The summed E-state index contributed by atoms with van der Waals surface area (Å²) in [6.45, 7) is 5.15. The maximum Gasteiger partial charge on any atom is 0.186 e. The summed E-state index contributed by atoms with van der Waals surface area (Å²) in [7, 11) is 0. The van der Waals surface area contributed by atoms with Crippen LogP contribution in [-0.2, 0) is 22.4 Å². The molecular formula is C18H33N3O6. The molecule has 0 spiro atoms. The van der Waals surface area contributed by atoms with Gasteiger partial charge in [0.05, 0.1) is 12.3 Å². The highest BCUT2D eigenvalue weighted by Gasteiger charge is 2.43. The molecule has 9 heteroatoms. The molecule has 0 aromatic carbocycles. The molecule has 0 bridgehead atoms. The second-order valence-electron chi connectivity index (χ2n) is 7.53. The van der Waals surface area contributed by atoms with Gasteiger partial charge < -0.3 is 29.9 Å². The lowest BCUT2D eigenvalue weighted by atomic mass is 9.99. The van der Waals surface area contributed by atoms with E-state index in [1.807, 2.05) is 10.9 Å². The van der Waals surface area contributed by atoms with Gasteiger partial charge in [0.2, 0.25) is 0 Å². The Balaban J connectivity index is 1.60. The van der Waals surface area contributed by atoms with Gasteiger partial charge in [-0.2, -0.15) is 0 Å². The van der Waals surface area contributed by atoms with Gasteiger partial charge in [-0.3, -0.25) is 4.68 Å². The van der Waals surface area contributed by atoms with Gasteiger partial charge >= 0.3 is 0 Å². The normalized spacial score (nSPS) is 28.8. The number of aliphatic hydroxyl groups is 4. The molecule has 2 rings (SSSR count). The molecule has 0 radical (unpaired) electrons. The quantitative estimate of drug-likeness (QED) is 0.386. The van der Waals surface area contributed by atoms with E-state index in [1.165, 1.54) is 0 Å². The predicted octanol–water partition coefficient (Wildman–Crippen LogP) is -0.146. The van der Waals surface area contributed by atoms with Crippen molar-refractivity contribution in [3.63, 3.8) is 0 Å². The lowest BCUT2D eigenvalue weighted by Gasteiger charge is -2.39. The Labute approximate surface area is 159 Å². The summed E-state index contributed by atoms with van der Waals surface area (Å²) in [6.07, 6.45) is 0.440. The Morgan fingerprint density at radius 3 is 2.63 bits per heavy atom. The molecule has 156 valence electrons. The van der Waals surface area contributed by atoms with Crippen LogP contribution in [0, 0.1) is 5.92 Å². The van der Waals surface area contributed by atoms with Crippen LogP contribution < -0.4 is 0 Å². The van der Waals surface area contributed by atoms with Crippen molar-refractivity contribution in [2.75, 3.05) is 13.2 Å². The zero-order valence-electron chi connectivity index (χ0n) is 16.1. The third-order valence-corrected chi connectivity index (χ3v) is 4.73. The minimum Gasteiger partial charge on any atom is -0.394 e. The average molecular weight is 387 g/mol. The number of aryl methyl sites for hydroxylation is 2. The fourth-order valence-electron chi connectivity index (χ4n) is 2.94. The number of rotatable bonds is 11. The molecule has 1 aliphatic rings. The Kier molecular flexibility index (Phi) is 9.07. The summed E-state index contributed by atoms with van der Waals surface area (Å²) < 4.78 is 12.7. The van der Waals surface area contributed by atoms with E-state index in [0.717, 1.165) is 44.3 Å². The second kappa shape index (κ2) is 11.0. The largest absolute Gasteiger partial charge is 0.394 e. The minimum absolute atomic E-state index is 0.351. The zero-order chi connectivity index (χ0) is 19.8. The van der Waals surface area contributed by atoms with Gasteiger partial charge in [-0.1, -0.05) is 25.5 Å². The van der Waals surface area contributed by atoms with Crippen molar-refractivity contribution in [2.24, 2.45) is 5.92 Å². The number of hydrogen-bond acceptors (Lipinski definition) is 8. The summed E-state index contributed by atoms with van der Waals surface area (Å²) in [5.41, 5.74) is 0.980. The molecule has 27 heavy (non-hydrogen) atoms. The first-order chi connectivity index (χ1) is 12.9. The zero-order valence-corrected chi connectivity index (χ0v) is 16.1. The van der Waals surface area contributed by atoms with E-state index in [-0.39, 0.29) is 0 Å². The van der Waals surface area contributed by atoms with Crippen LogP contribution in [0.2, 0.25) is 0 Å². The van der Waals surface area contributed by atoms with Crippen molar-refractivity contribution in [2.45, 2.75) is 83.2 Å². The lowest BCUT2D eigenvalue weighted by Crippen LogP contribution is -2.59. The van der Waals surface area contributed by atoms with Crippen molar-refractivity contribution in [1.29, 1.82) is 0 Å². The molecule has 4 N–H and O–H groups in total. The Morgan fingerprint density at radius 2 is 1.93 bits per heavy atom. The number of hydrogen-bond donors (Lipinski definition) is 4. The van der Waals surface area contributed by atoms with Gasteiger partial charge in [0.15, 0.2) is 6.29 Å². The maximum absolute atomic E-state index is 9.89. The van der Waals surface area contributed by atoms with E-state index in [2.05, 4.69) is 24.2 Å². The van der Waals surface area contributed by atoms with E-state index < -0.39 is 37.3 Å². The van der Waals surface area contributed by atoms with Gasteiger partial charge in [0, 0.05) is 19.3 Å². The summed E-state index contributed by atoms with van der Waals surface area (Å²) in [5.74, 6) is 0.640. The smallest absolute Gasteiger partial charge is 0.186 e. The summed E-state index contributed by atoms with van der Waals surface area (Å²) >= 11 is 0. The van der Waals surface area contributed by atoms with E-state index in [1.54, 1.807) is 0 Å². The van der Waals surface area contributed by atoms with Crippen molar-refractivity contribution >= 4 is 0 Å². The fraction of sp³-hybridized carbons (Fsp3) is 0.889. The van der Waals surface area contributed by atoms with Crippen LogP contribution in [0.4, 0.5) is 0 Å². The van der Waals surface area contributed by atoms with Crippen LogP contribution in [-0.4, -0.2) is 79.3 Å². The molecule has 1 aromatic heterocycles. The molecule has 1 aromatic rings. The van der Waals surface area contributed by atoms with E-state index in [4.69, 9.17) is 14.6 Å². The molecule has 5 atom stereocenters. The summed E-state index contributed by atoms with van der Waals surface area (Å²) in [6, 6.07) is 0. The Hall–Kier alpha value is -1.10. The van der Waals surface area contributed by atoms with Crippen molar-refractivity contribution in [3.05, 3.63) is 11.9 Å². The van der Waals surface area contributed by atoms with Crippen LogP contribution in [0.3, 0.4) is 0 Å². The number of ether oxygens (including phenoxy) is 2. The number of aliphatic hydroxyl groups excluding tert-OH is 4. The van der Waals surface area contributed by atoms with Crippen molar-refractivity contribution in [3.8, 4) is 0 Å². The fourth-order valence-corrected chi connectivity index (χ4v) is 2.94. The van der Waals surface area contributed by atoms with Gasteiger partial charge in [-0.25, -0.2) is 0 Å². The van der Waals surface area contributed by atoms with E-state index in [9.17, 15) is 15.3 Å². The molecule has 0 saturated carbocycles. The average Bonchev–Trinajstić information content (AvgIpc) is 3.10. The molecule has 0 aliphatic carbocycles. The second-order valence-corrected chi connectivity index (χ2v) is 7.53. The van der Waals surface area contributed by atoms with Gasteiger partial charge in [0.1, 0.15) is 24.4 Å². The van der Waals surface area contributed by atoms with Crippen molar-refractivity contribution in [1.82, 2.24) is 15.0 Å². The SMILES string of the molecule is CC(C)CCn1cc(CCCCCOC2O[C@H](CO)[C@H](O)[C@H](O)[C@H]2O)nn1. The Bertz CT molecular complexity index is 539. The standard InChI is InChI=1S/C18H33N3O6/c1-12(2)7-8-21-10-13(19-20-21)6-4-3-5-9-26-18-17(25)16(24)15(23)14(11-22)27-18/h10,12,14-18,22-25H,3-9,11H2,1-2H3/t14-,15+,16+,17-,18?/m1/s1. The van der Waals surface area contributed by atoms with Crippen LogP contribution in [0.25, 0.3) is 0 Å². The molecule has 1 fully saturated rings. The van der Waals surface area contributed by atoms with Gasteiger partial charge in [-0.15, -0.1) is 5.10 Å². The Morgan fingerprint density at radius 1 is 1.15 bits per heavy atom. The maximum atomic E-state index is 9.89. The van der Waals surface area contributed by atoms with E-state index in [0.29, 0.717) is 12.5 Å². The van der Waals surface area contributed by atoms with Crippen LogP contribution in [0.1, 0.15) is 45.2 Å². The van der Waals surface area contributed by atoms with Gasteiger partial charge in [0.25, 0.3) is 0 Å². The molecule has 1 unspecified atom stereocenters. The molecule has 1 aliphatic heterocycles. The highest BCUT2D eigenvalue weighted by molar-refractivity contribution is 4.92. The van der Waals surface area contributed by atoms with Gasteiger partial charge in [-0.05, 0) is 31.6 Å². The molecule has 2 heterocycles. The van der Waals surface area contributed by atoms with Crippen molar-refractivity contribution < 1.29 is 29.9 Å². The molecule has 1 saturated heterocycles. The third kappa shape index (κ3) is 6.78. The first kappa shape index (κ1) is 22.2. The minimum atomic E-state index is -1.40. The summed E-state index contributed by atoms with van der Waals surface area (Å²) in [4.78, 5) is 0. The lowest BCUT2D eigenvalue weighted by molar-refractivity contribution is -0.301.